The molecular weight excluding hydrogens is 140 g/mol. The summed E-state index contributed by atoms with van der Waals surface area (Å²) in [5.41, 5.74) is 0. The summed E-state index contributed by atoms with van der Waals surface area (Å²) in [6.45, 7) is 0.568. The molecule has 2 aliphatic rings. The summed E-state index contributed by atoms with van der Waals surface area (Å²) in [5, 5.41) is 18.2. The predicted molar refractivity (Wildman–Crippen MR) is 42.0 cm³/mol. The molecule has 2 nitrogen and oxygen atoms in total. The Balaban J connectivity index is 2.08. The zero-order valence-electron chi connectivity index (χ0n) is 6.74. The standard InChI is InChI=1S/C9H16O2/c10-4-8-6-1-2-7(3-6)9(8)5-11/h6-11H,1-5H2/t6?,7?,8-,9-/m1/s1. The molecule has 2 unspecified atom stereocenters. The molecule has 0 spiro atoms. The van der Waals surface area contributed by atoms with Gasteiger partial charge in [-0.05, 0) is 42.9 Å². The van der Waals surface area contributed by atoms with Crippen LogP contribution in [0.3, 0.4) is 0 Å². The van der Waals surface area contributed by atoms with E-state index in [2.05, 4.69) is 0 Å². The van der Waals surface area contributed by atoms with E-state index in [0.717, 1.165) is 11.8 Å². The Morgan fingerprint density at radius 1 is 0.909 bits per heavy atom. The molecule has 0 saturated heterocycles. The van der Waals surface area contributed by atoms with Crippen LogP contribution in [0.4, 0.5) is 0 Å². The second kappa shape index (κ2) is 2.76. The number of rotatable bonds is 2. The van der Waals surface area contributed by atoms with Crippen molar-refractivity contribution in [3.05, 3.63) is 0 Å². The molecule has 0 aliphatic heterocycles. The Hall–Kier alpha value is -0.0800. The van der Waals surface area contributed by atoms with E-state index < -0.39 is 0 Å². The third-order valence-electron chi connectivity index (χ3n) is 3.70. The van der Waals surface area contributed by atoms with Crippen molar-refractivity contribution in [2.24, 2.45) is 23.7 Å². The minimum atomic E-state index is 0.284. The van der Waals surface area contributed by atoms with E-state index >= 15 is 0 Å². The van der Waals surface area contributed by atoms with Crippen LogP contribution in [0.1, 0.15) is 19.3 Å². The number of aliphatic hydroxyl groups excluding tert-OH is 2. The van der Waals surface area contributed by atoms with Crippen LogP contribution >= 0.6 is 0 Å². The van der Waals surface area contributed by atoms with Gasteiger partial charge in [0.1, 0.15) is 0 Å². The molecule has 2 fully saturated rings. The van der Waals surface area contributed by atoms with Crippen molar-refractivity contribution in [1.82, 2.24) is 0 Å². The van der Waals surface area contributed by atoms with Gasteiger partial charge >= 0.3 is 0 Å². The molecule has 2 saturated carbocycles. The highest BCUT2D eigenvalue weighted by atomic mass is 16.3. The van der Waals surface area contributed by atoms with Crippen molar-refractivity contribution in [2.75, 3.05) is 13.2 Å². The Labute approximate surface area is 67.2 Å². The van der Waals surface area contributed by atoms with E-state index in [9.17, 15) is 0 Å². The summed E-state index contributed by atoms with van der Waals surface area (Å²) in [6, 6.07) is 0. The lowest BCUT2D eigenvalue weighted by molar-refractivity contribution is 0.0791. The largest absolute Gasteiger partial charge is 0.396 e. The first-order valence-corrected chi connectivity index (χ1v) is 4.58. The van der Waals surface area contributed by atoms with Crippen LogP contribution in [0.15, 0.2) is 0 Å². The molecule has 4 atom stereocenters. The van der Waals surface area contributed by atoms with Crippen molar-refractivity contribution in [3.8, 4) is 0 Å². The second-order valence-electron chi connectivity index (χ2n) is 4.03. The van der Waals surface area contributed by atoms with Gasteiger partial charge in [0.25, 0.3) is 0 Å². The first-order valence-electron chi connectivity index (χ1n) is 4.58. The van der Waals surface area contributed by atoms with E-state index in [4.69, 9.17) is 10.2 Å². The molecular formula is C9H16O2. The van der Waals surface area contributed by atoms with Crippen LogP contribution in [0.2, 0.25) is 0 Å². The van der Waals surface area contributed by atoms with Gasteiger partial charge in [0.05, 0.1) is 0 Å². The van der Waals surface area contributed by atoms with Crippen molar-refractivity contribution in [2.45, 2.75) is 19.3 Å². The molecule has 2 aliphatic carbocycles. The van der Waals surface area contributed by atoms with Gasteiger partial charge in [0.2, 0.25) is 0 Å². The minimum absolute atomic E-state index is 0.284. The summed E-state index contributed by atoms with van der Waals surface area (Å²) < 4.78 is 0. The highest BCUT2D eigenvalue weighted by Gasteiger charge is 2.46. The van der Waals surface area contributed by atoms with Crippen LogP contribution in [0, 0.1) is 23.7 Å². The van der Waals surface area contributed by atoms with Crippen LogP contribution in [0.25, 0.3) is 0 Å². The van der Waals surface area contributed by atoms with Gasteiger partial charge in [-0.1, -0.05) is 0 Å². The average Bonchev–Trinajstić information content (AvgIpc) is 2.60. The van der Waals surface area contributed by atoms with Crippen LogP contribution < -0.4 is 0 Å². The molecule has 0 aromatic rings. The summed E-state index contributed by atoms with van der Waals surface area (Å²) in [6.07, 6.45) is 3.83. The fraction of sp³-hybridized carbons (Fsp3) is 1.00. The Morgan fingerprint density at radius 3 is 1.73 bits per heavy atom. The molecule has 0 heterocycles. The minimum Gasteiger partial charge on any atom is -0.396 e. The van der Waals surface area contributed by atoms with Gasteiger partial charge < -0.3 is 10.2 Å². The van der Waals surface area contributed by atoms with Gasteiger partial charge in [0, 0.05) is 13.2 Å². The molecule has 0 radical (unpaired) electrons. The molecule has 0 aromatic carbocycles. The van der Waals surface area contributed by atoms with Crippen molar-refractivity contribution >= 4 is 0 Å². The van der Waals surface area contributed by atoms with Crippen LogP contribution in [-0.2, 0) is 0 Å². The van der Waals surface area contributed by atoms with E-state index in [1.807, 2.05) is 0 Å². The summed E-state index contributed by atoms with van der Waals surface area (Å²) >= 11 is 0. The van der Waals surface area contributed by atoms with Crippen molar-refractivity contribution < 1.29 is 10.2 Å². The number of fused-ring (bicyclic) bond motifs is 2. The lowest BCUT2D eigenvalue weighted by atomic mass is 9.80. The second-order valence-corrected chi connectivity index (χ2v) is 4.03. The van der Waals surface area contributed by atoms with Crippen LogP contribution in [-0.4, -0.2) is 23.4 Å². The summed E-state index contributed by atoms with van der Waals surface area (Å²) in [5.74, 6) is 2.28. The predicted octanol–water partition coefficient (Wildman–Crippen LogP) is 0.633. The maximum atomic E-state index is 9.08. The van der Waals surface area contributed by atoms with Gasteiger partial charge in [0.15, 0.2) is 0 Å². The van der Waals surface area contributed by atoms with E-state index in [-0.39, 0.29) is 13.2 Å². The number of hydrogen-bond acceptors (Lipinski definition) is 2. The number of aliphatic hydroxyl groups is 2. The first-order chi connectivity index (χ1) is 5.36. The first kappa shape index (κ1) is 7.56. The molecule has 2 N–H and O–H groups in total. The summed E-state index contributed by atoms with van der Waals surface area (Å²) in [4.78, 5) is 0. The SMILES string of the molecule is OC[C@@H]1C2CCC(C2)[C@H]1CO. The quantitative estimate of drug-likeness (QED) is 0.615. The molecule has 64 valence electrons. The Bertz CT molecular complexity index is 130. The van der Waals surface area contributed by atoms with E-state index in [1.54, 1.807) is 0 Å². The lowest BCUT2D eigenvalue weighted by Gasteiger charge is -2.27. The monoisotopic (exact) mass is 156 g/mol. The van der Waals surface area contributed by atoms with Crippen molar-refractivity contribution in [3.63, 3.8) is 0 Å². The number of hydrogen-bond donors (Lipinski definition) is 2. The topological polar surface area (TPSA) is 40.5 Å². The van der Waals surface area contributed by atoms with Gasteiger partial charge in [-0.25, -0.2) is 0 Å². The normalized spacial score (nSPS) is 48.5. The van der Waals surface area contributed by atoms with E-state index in [0.29, 0.717) is 11.8 Å². The highest BCUT2D eigenvalue weighted by molar-refractivity contribution is 4.95. The van der Waals surface area contributed by atoms with Crippen LogP contribution in [0.5, 0.6) is 0 Å². The fourth-order valence-corrected chi connectivity index (χ4v) is 3.10. The third kappa shape index (κ3) is 1.00. The molecule has 0 aromatic heterocycles. The maximum absolute atomic E-state index is 9.08. The van der Waals surface area contributed by atoms with Gasteiger partial charge in [-0.2, -0.15) is 0 Å². The molecule has 0 amide bonds. The summed E-state index contributed by atoms with van der Waals surface area (Å²) in [7, 11) is 0. The van der Waals surface area contributed by atoms with Gasteiger partial charge in [-0.3, -0.25) is 0 Å². The van der Waals surface area contributed by atoms with Crippen molar-refractivity contribution in [1.29, 1.82) is 0 Å². The zero-order chi connectivity index (χ0) is 7.84. The third-order valence-corrected chi connectivity index (χ3v) is 3.70. The van der Waals surface area contributed by atoms with E-state index in [1.165, 1.54) is 19.3 Å². The smallest absolute Gasteiger partial charge is 0.0465 e. The molecule has 2 bridgehead atoms. The molecule has 11 heavy (non-hydrogen) atoms. The Morgan fingerprint density at radius 2 is 1.36 bits per heavy atom. The lowest BCUT2D eigenvalue weighted by Crippen LogP contribution is -2.27. The molecule has 2 heteroatoms. The zero-order valence-corrected chi connectivity index (χ0v) is 6.74. The average molecular weight is 156 g/mol. The Kier molecular flexibility index (Phi) is 1.90. The maximum Gasteiger partial charge on any atom is 0.0465 e. The highest BCUT2D eigenvalue weighted by Crippen LogP contribution is 2.51. The fourth-order valence-electron chi connectivity index (χ4n) is 3.10. The van der Waals surface area contributed by atoms with Gasteiger partial charge in [-0.15, -0.1) is 0 Å². The molecule has 2 rings (SSSR count).